The van der Waals surface area contributed by atoms with Crippen LogP contribution in [0.2, 0.25) is 0 Å². The zero-order valence-electron chi connectivity index (χ0n) is 11.1. The molecule has 102 valence electrons. The Labute approximate surface area is 107 Å². The van der Waals surface area contributed by atoms with E-state index in [-0.39, 0.29) is 6.54 Å². The quantitative estimate of drug-likeness (QED) is 0.566. The topological polar surface area (TPSA) is 75.7 Å². The predicted molar refractivity (Wildman–Crippen MR) is 64.8 cm³/mol. The van der Waals surface area contributed by atoms with E-state index in [0.717, 1.165) is 17.7 Å². The Morgan fingerprint density at radius 3 is 2.50 bits per heavy atom. The van der Waals surface area contributed by atoms with Crippen molar-refractivity contribution in [1.29, 1.82) is 0 Å². The Bertz CT molecular complexity index is 352. The maximum absolute atomic E-state index is 12.0. The monoisotopic (exact) mass is 256 g/mol. The molecule has 1 aliphatic rings. The van der Waals surface area contributed by atoms with Crippen LogP contribution in [0.4, 0.5) is 4.79 Å². The molecule has 6 heteroatoms. The summed E-state index contributed by atoms with van der Waals surface area (Å²) in [5, 5.41) is 2.17. The number of imide groups is 2. The molecule has 1 heterocycles. The highest BCUT2D eigenvalue weighted by Gasteiger charge is 2.46. The predicted octanol–water partition coefficient (Wildman–Crippen LogP) is 0.908. The van der Waals surface area contributed by atoms with Gasteiger partial charge < -0.3 is 4.74 Å². The second kappa shape index (κ2) is 5.95. The molecule has 18 heavy (non-hydrogen) atoms. The number of hydrogen-bond donors (Lipinski definition) is 1. The summed E-state index contributed by atoms with van der Waals surface area (Å²) in [5.41, 5.74) is -1.20. The Hall–Kier alpha value is -1.43. The maximum atomic E-state index is 12.0. The van der Waals surface area contributed by atoms with Crippen molar-refractivity contribution in [3.8, 4) is 0 Å². The summed E-state index contributed by atoms with van der Waals surface area (Å²) in [4.78, 5) is 36.0. The van der Waals surface area contributed by atoms with Crippen molar-refractivity contribution >= 4 is 17.8 Å². The van der Waals surface area contributed by atoms with Gasteiger partial charge in [-0.05, 0) is 20.3 Å². The minimum absolute atomic E-state index is 0.172. The molecule has 0 aromatic heterocycles. The molecular formula is C12H20N2O4. The van der Waals surface area contributed by atoms with Crippen LogP contribution in [-0.2, 0) is 14.3 Å². The van der Waals surface area contributed by atoms with Gasteiger partial charge >= 0.3 is 6.03 Å². The normalized spacial score (nSPS) is 19.1. The number of ether oxygens (including phenoxy) is 1. The van der Waals surface area contributed by atoms with Crippen LogP contribution in [0.1, 0.15) is 33.6 Å². The van der Waals surface area contributed by atoms with Gasteiger partial charge in [0.25, 0.3) is 0 Å². The fourth-order valence-corrected chi connectivity index (χ4v) is 1.55. The lowest BCUT2D eigenvalue weighted by Crippen LogP contribution is -2.62. The molecule has 0 bridgehead atoms. The number of rotatable bonds is 6. The van der Waals surface area contributed by atoms with E-state index in [9.17, 15) is 14.4 Å². The molecule has 4 amide bonds. The first kappa shape index (κ1) is 14.6. The minimum atomic E-state index is -1.20. The lowest BCUT2D eigenvalue weighted by Gasteiger charge is -2.34. The largest absolute Gasteiger partial charge is 0.380 e. The van der Waals surface area contributed by atoms with Crippen LogP contribution in [0.15, 0.2) is 0 Å². The summed E-state index contributed by atoms with van der Waals surface area (Å²) >= 11 is 0. The van der Waals surface area contributed by atoms with Gasteiger partial charge in [-0.2, -0.15) is 0 Å². The second-order valence-electron chi connectivity index (χ2n) is 4.81. The van der Waals surface area contributed by atoms with Crippen molar-refractivity contribution in [2.75, 3.05) is 19.8 Å². The van der Waals surface area contributed by atoms with Crippen molar-refractivity contribution in [2.45, 2.75) is 33.6 Å². The van der Waals surface area contributed by atoms with Crippen LogP contribution < -0.4 is 5.32 Å². The summed E-state index contributed by atoms with van der Waals surface area (Å²) in [7, 11) is 0. The van der Waals surface area contributed by atoms with Crippen molar-refractivity contribution < 1.29 is 19.1 Å². The lowest BCUT2D eigenvalue weighted by atomic mass is 9.89. The highest BCUT2D eigenvalue weighted by molar-refractivity contribution is 6.18. The van der Waals surface area contributed by atoms with Gasteiger partial charge in [0.15, 0.2) is 0 Å². The van der Waals surface area contributed by atoms with E-state index in [0.29, 0.717) is 13.2 Å². The first-order valence-corrected chi connectivity index (χ1v) is 6.16. The molecule has 0 saturated carbocycles. The number of hydrogen-bond acceptors (Lipinski definition) is 4. The van der Waals surface area contributed by atoms with E-state index in [1.807, 2.05) is 0 Å². The Kier molecular flexibility index (Phi) is 4.84. The zero-order valence-corrected chi connectivity index (χ0v) is 11.1. The molecule has 0 spiro atoms. The van der Waals surface area contributed by atoms with Gasteiger partial charge in [0.2, 0.25) is 11.8 Å². The third-order valence-corrected chi connectivity index (χ3v) is 2.91. The SMILES string of the molecule is CCCCOCCN1C(=O)NC(=O)C(C)(C)C1=O. The van der Waals surface area contributed by atoms with E-state index >= 15 is 0 Å². The van der Waals surface area contributed by atoms with Crippen LogP contribution in [-0.4, -0.2) is 42.5 Å². The number of barbiturate groups is 1. The first-order valence-electron chi connectivity index (χ1n) is 6.16. The highest BCUT2D eigenvalue weighted by atomic mass is 16.5. The smallest absolute Gasteiger partial charge is 0.330 e. The average molecular weight is 256 g/mol. The molecule has 1 saturated heterocycles. The van der Waals surface area contributed by atoms with Gasteiger partial charge in [0.1, 0.15) is 5.41 Å². The van der Waals surface area contributed by atoms with E-state index < -0.39 is 23.3 Å². The van der Waals surface area contributed by atoms with E-state index in [2.05, 4.69) is 12.2 Å². The fourth-order valence-electron chi connectivity index (χ4n) is 1.55. The van der Waals surface area contributed by atoms with Crippen molar-refractivity contribution in [3.63, 3.8) is 0 Å². The van der Waals surface area contributed by atoms with Gasteiger partial charge in [-0.3, -0.25) is 19.8 Å². The van der Waals surface area contributed by atoms with E-state index in [1.165, 1.54) is 13.8 Å². The molecule has 0 radical (unpaired) electrons. The third-order valence-electron chi connectivity index (χ3n) is 2.91. The van der Waals surface area contributed by atoms with E-state index in [1.54, 1.807) is 0 Å². The zero-order chi connectivity index (χ0) is 13.8. The van der Waals surface area contributed by atoms with Gasteiger partial charge in [-0.15, -0.1) is 0 Å². The number of nitrogens with one attached hydrogen (secondary N) is 1. The van der Waals surface area contributed by atoms with Gasteiger partial charge in [-0.25, -0.2) is 4.79 Å². The summed E-state index contributed by atoms with van der Waals surface area (Å²) in [5.74, 6) is -1.03. The van der Waals surface area contributed by atoms with Crippen LogP contribution in [0, 0.1) is 5.41 Å². The Morgan fingerprint density at radius 2 is 1.89 bits per heavy atom. The molecule has 0 atom stereocenters. The summed E-state index contributed by atoms with van der Waals surface area (Å²) in [6.07, 6.45) is 1.98. The number of urea groups is 1. The minimum Gasteiger partial charge on any atom is -0.380 e. The molecule has 0 unspecified atom stereocenters. The fraction of sp³-hybridized carbons (Fsp3) is 0.750. The van der Waals surface area contributed by atoms with Crippen LogP contribution in [0.3, 0.4) is 0 Å². The summed E-state index contributed by atoms with van der Waals surface area (Å²) < 4.78 is 5.31. The number of carbonyl (C=O) groups excluding carboxylic acids is 3. The lowest BCUT2D eigenvalue weighted by molar-refractivity contribution is -0.149. The molecule has 0 aromatic carbocycles. The molecule has 6 nitrogen and oxygen atoms in total. The molecular weight excluding hydrogens is 236 g/mol. The number of nitrogens with zero attached hydrogens (tertiary/aromatic N) is 1. The molecule has 0 aromatic rings. The first-order chi connectivity index (χ1) is 8.41. The molecule has 1 N–H and O–H groups in total. The molecule has 1 rings (SSSR count). The molecule has 1 aliphatic heterocycles. The highest BCUT2D eigenvalue weighted by Crippen LogP contribution is 2.22. The van der Waals surface area contributed by atoms with Gasteiger partial charge in [-0.1, -0.05) is 13.3 Å². The molecule has 1 fully saturated rings. The second-order valence-corrected chi connectivity index (χ2v) is 4.81. The Morgan fingerprint density at radius 1 is 1.22 bits per heavy atom. The van der Waals surface area contributed by atoms with Gasteiger partial charge in [0, 0.05) is 6.61 Å². The average Bonchev–Trinajstić information content (AvgIpc) is 2.31. The number of amides is 4. The standard InChI is InChI=1S/C12H20N2O4/c1-4-5-7-18-8-6-14-10(16)12(2,3)9(15)13-11(14)17/h4-8H2,1-3H3,(H,13,15,17). The summed E-state index contributed by atoms with van der Waals surface area (Å²) in [6.45, 7) is 6.14. The van der Waals surface area contributed by atoms with Crippen LogP contribution >= 0.6 is 0 Å². The number of unbranched alkanes of at least 4 members (excludes halogenated alkanes) is 1. The van der Waals surface area contributed by atoms with Crippen LogP contribution in [0.5, 0.6) is 0 Å². The van der Waals surface area contributed by atoms with Crippen LogP contribution in [0.25, 0.3) is 0 Å². The van der Waals surface area contributed by atoms with Gasteiger partial charge in [0.05, 0.1) is 13.2 Å². The third kappa shape index (κ3) is 3.07. The van der Waals surface area contributed by atoms with Crippen molar-refractivity contribution in [2.24, 2.45) is 5.41 Å². The van der Waals surface area contributed by atoms with Crippen molar-refractivity contribution in [1.82, 2.24) is 10.2 Å². The maximum Gasteiger partial charge on any atom is 0.330 e. The van der Waals surface area contributed by atoms with E-state index in [4.69, 9.17) is 4.74 Å². The Balaban J connectivity index is 2.51. The molecule has 0 aliphatic carbocycles. The number of carbonyl (C=O) groups is 3. The summed E-state index contributed by atoms with van der Waals surface area (Å²) in [6, 6.07) is -0.664. The van der Waals surface area contributed by atoms with Crippen molar-refractivity contribution in [3.05, 3.63) is 0 Å².